The SMILES string of the molecule is CC1=CC(=NN=C(c2ccccc2)c2ccccc2)CC1. The first-order valence-electron chi connectivity index (χ1n) is 7.25. The van der Waals surface area contributed by atoms with E-state index < -0.39 is 0 Å². The summed E-state index contributed by atoms with van der Waals surface area (Å²) >= 11 is 0. The molecule has 0 amide bonds. The van der Waals surface area contributed by atoms with Crippen molar-refractivity contribution < 1.29 is 0 Å². The van der Waals surface area contributed by atoms with Crippen molar-refractivity contribution in [3.8, 4) is 0 Å². The third-order valence-electron chi connectivity index (χ3n) is 3.56. The van der Waals surface area contributed by atoms with Crippen molar-refractivity contribution >= 4 is 11.4 Å². The van der Waals surface area contributed by atoms with Crippen molar-refractivity contribution in [1.82, 2.24) is 0 Å². The van der Waals surface area contributed by atoms with Gasteiger partial charge in [-0.2, -0.15) is 5.10 Å². The lowest BCUT2D eigenvalue weighted by Crippen LogP contribution is -2.02. The van der Waals surface area contributed by atoms with Gasteiger partial charge >= 0.3 is 0 Å². The first kappa shape index (κ1) is 13.5. The van der Waals surface area contributed by atoms with Gasteiger partial charge in [0.1, 0.15) is 5.71 Å². The van der Waals surface area contributed by atoms with Gasteiger partial charge in [-0.15, -0.1) is 5.10 Å². The maximum atomic E-state index is 4.54. The molecule has 2 aromatic rings. The molecule has 0 heterocycles. The van der Waals surface area contributed by atoms with Crippen LogP contribution in [-0.4, -0.2) is 11.4 Å². The second-order valence-corrected chi connectivity index (χ2v) is 5.26. The van der Waals surface area contributed by atoms with Crippen LogP contribution in [0, 0.1) is 0 Å². The summed E-state index contributed by atoms with van der Waals surface area (Å²) in [7, 11) is 0. The quantitative estimate of drug-likeness (QED) is 0.576. The van der Waals surface area contributed by atoms with E-state index >= 15 is 0 Å². The molecule has 3 rings (SSSR count). The van der Waals surface area contributed by atoms with Crippen molar-refractivity contribution in [1.29, 1.82) is 0 Å². The van der Waals surface area contributed by atoms with Crippen LogP contribution in [0.25, 0.3) is 0 Å². The molecule has 2 nitrogen and oxygen atoms in total. The average Bonchev–Trinajstić information content (AvgIpc) is 2.95. The molecule has 0 N–H and O–H groups in total. The van der Waals surface area contributed by atoms with Gasteiger partial charge in [0.05, 0.1) is 5.71 Å². The van der Waals surface area contributed by atoms with Crippen LogP contribution in [0.15, 0.2) is 82.5 Å². The molecule has 0 fully saturated rings. The fourth-order valence-electron chi connectivity index (χ4n) is 2.42. The molecule has 104 valence electrons. The maximum Gasteiger partial charge on any atom is 0.100 e. The summed E-state index contributed by atoms with van der Waals surface area (Å²) in [5.74, 6) is 0. The topological polar surface area (TPSA) is 24.7 Å². The largest absolute Gasteiger partial charge is 0.155 e. The van der Waals surface area contributed by atoms with E-state index in [1.165, 1.54) is 5.57 Å². The predicted molar refractivity (Wildman–Crippen MR) is 88.9 cm³/mol. The minimum atomic E-state index is 0.918. The van der Waals surface area contributed by atoms with Crippen LogP contribution in [0.5, 0.6) is 0 Å². The summed E-state index contributed by atoms with van der Waals surface area (Å²) in [5, 5.41) is 9.00. The lowest BCUT2D eigenvalue weighted by atomic mass is 10.0. The van der Waals surface area contributed by atoms with Gasteiger partial charge in [0.15, 0.2) is 0 Å². The molecular formula is C19H18N2. The summed E-state index contributed by atoms with van der Waals surface area (Å²) in [5.41, 5.74) is 5.54. The van der Waals surface area contributed by atoms with Crippen LogP contribution < -0.4 is 0 Å². The lowest BCUT2D eigenvalue weighted by molar-refractivity contribution is 1.05. The van der Waals surface area contributed by atoms with Gasteiger partial charge < -0.3 is 0 Å². The molecule has 0 saturated heterocycles. The van der Waals surface area contributed by atoms with Crippen LogP contribution >= 0.6 is 0 Å². The zero-order valence-electron chi connectivity index (χ0n) is 12.2. The molecule has 1 aliphatic rings. The highest BCUT2D eigenvalue weighted by Gasteiger charge is 2.08. The third-order valence-corrected chi connectivity index (χ3v) is 3.56. The number of hydrogen-bond acceptors (Lipinski definition) is 2. The van der Waals surface area contributed by atoms with Crippen LogP contribution in [0.3, 0.4) is 0 Å². The zero-order chi connectivity index (χ0) is 14.5. The van der Waals surface area contributed by atoms with E-state index in [0.29, 0.717) is 0 Å². The normalized spacial score (nSPS) is 15.9. The minimum Gasteiger partial charge on any atom is -0.155 e. The highest BCUT2D eigenvalue weighted by molar-refractivity contribution is 6.13. The summed E-state index contributed by atoms with van der Waals surface area (Å²) in [6.45, 7) is 2.14. The molecule has 0 aliphatic heterocycles. The standard InChI is InChI=1S/C19H18N2/c1-15-12-13-18(14-15)20-21-19(16-8-4-2-5-9-16)17-10-6-3-7-11-17/h2-11,14H,12-13H2,1H3. The van der Waals surface area contributed by atoms with E-state index in [1.54, 1.807) is 0 Å². The van der Waals surface area contributed by atoms with Crippen molar-refractivity contribution in [2.45, 2.75) is 19.8 Å². The Balaban J connectivity index is 2.01. The monoisotopic (exact) mass is 274 g/mol. The molecule has 0 bridgehead atoms. The molecule has 0 atom stereocenters. The number of nitrogens with zero attached hydrogens (tertiary/aromatic N) is 2. The number of benzene rings is 2. The Morgan fingerprint density at radius 1 is 0.810 bits per heavy atom. The number of hydrogen-bond donors (Lipinski definition) is 0. The summed E-state index contributed by atoms with van der Waals surface area (Å²) in [6, 6.07) is 20.4. The molecule has 0 spiro atoms. The smallest absolute Gasteiger partial charge is 0.100 e. The van der Waals surface area contributed by atoms with Crippen LogP contribution in [0.4, 0.5) is 0 Å². The second kappa shape index (κ2) is 6.31. The highest BCUT2D eigenvalue weighted by atomic mass is 15.2. The Morgan fingerprint density at radius 3 is 1.86 bits per heavy atom. The summed E-state index contributed by atoms with van der Waals surface area (Å²) in [4.78, 5) is 0. The Kier molecular flexibility index (Phi) is 4.06. The number of allylic oxidation sites excluding steroid dienone is 2. The maximum absolute atomic E-state index is 4.54. The molecule has 2 heteroatoms. The third kappa shape index (κ3) is 3.34. The van der Waals surface area contributed by atoms with Gasteiger partial charge in [-0.3, -0.25) is 0 Å². The number of rotatable bonds is 3. The molecule has 0 saturated carbocycles. The first-order valence-corrected chi connectivity index (χ1v) is 7.25. The van der Waals surface area contributed by atoms with Gasteiger partial charge in [-0.1, -0.05) is 66.2 Å². The van der Waals surface area contributed by atoms with Gasteiger partial charge in [-0.25, -0.2) is 0 Å². The first-order chi connectivity index (χ1) is 10.3. The Morgan fingerprint density at radius 2 is 1.38 bits per heavy atom. The second-order valence-electron chi connectivity index (χ2n) is 5.26. The molecule has 2 aromatic carbocycles. The van der Waals surface area contributed by atoms with E-state index in [0.717, 1.165) is 35.4 Å². The van der Waals surface area contributed by atoms with Crippen LogP contribution in [0.1, 0.15) is 30.9 Å². The Labute approximate surface area is 125 Å². The molecular weight excluding hydrogens is 256 g/mol. The minimum absolute atomic E-state index is 0.918. The van der Waals surface area contributed by atoms with E-state index in [4.69, 9.17) is 0 Å². The Hall–Kier alpha value is -2.48. The fourth-order valence-corrected chi connectivity index (χ4v) is 2.42. The molecule has 0 unspecified atom stereocenters. The molecule has 21 heavy (non-hydrogen) atoms. The van der Waals surface area contributed by atoms with E-state index in [1.807, 2.05) is 36.4 Å². The summed E-state index contributed by atoms with van der Waals surface area (Å²) < 4.78 is 0. The van der Waals surface area contributed by atoms with E-state index in [2.05, 4.69) is 47.5 Å². The van der Waals surface area contributed by atoms with E-state index in [-0.39, 0.29) is 0 Å². The fraction of sp³-hybridized carbons (Fsp3) is 0.158. The average molecular weight is 274 g/mol. The molecule has 1 aliphatic carbocycles. The lowest BCUT2D eigenvalue weighted by Gasteiger charge is -2.05. The molecule has 0 aromatic heterocycles. The van der Waals surface area contributed by atoms with Crippen molar-refractivity contribution in [3.05, 3.63) is 83.4 Å². The van der Waals surface area contributed by atoms with Crippen LogP contribution in [0.2, 0.25) is 0 Å². The van der Waals surface area contributed by atoms with Gasteiger partial charge in [0.25, 0.3) is 0 Å². The molecule has 0 radical (unpaired) electrons. The Bertz CT molecular complexity index is 653. The van der Waals surface area contributed by atoms with Gasteiger partial charge in [0, 0.05) is 11.1 Å². The highest BCUT2D eigenvalue weighted by Crippen LogP contribution is 2.16. The predicted octanol–water partition coefficient (Wildman–Crippen LogP) is 4.62. The van der Waals surface area contributed by atoms with Crippen LogP contribution in [-0.2, 0) is 0 Å². The van der Waals surface area contributed by atoms with Crippen molar-refractivity contribution in [2.24, 2.45) is 10.2 Å². The van der Waals surface area contributed by atoms with Gasteiger partial charge in [0.2, 0.25) is 0 Å². The van der Waals surface area contributed by atoms with Gasteiger partial charge in [-0.05, 0) is 25.8 Å². The van der Waals surface area contributed by atoms with Crippen molar-refractivity contribution in [3.63, 3.8) is 0 Å². The van der Waals surface area contributed by atoms with Crippen molar-refractivity contribution in [2.75, 3.05) is 0 Å². The van der Waals surface area contributed by atoms with E-state index in [9.17, 15) is 0 Å². The summed E-state index contributed by atoms with van der Waals surface area (Å²) in [6.07, 6.45) is 4.23. The zero-order valence-corrected chi connectivity index (χ0v) is 12.2.